The topological polar surface area (TPSA) is 78.8 Å². The smallest absolute Gasteiger partial charge is 0.257 e. The largest absolute Gasteiger partial charge is 0.484 e. The van der Waals surface area contributed by atoms with Gasteiger partial charge in [-0.15, -0.1) is 0 Å². The molecule has 2 rings (SSSR count). The lowest BCUT2D eigenvalue weighted by molar-refractivity contribution is -0.123. The number of benzene rings is 1. The molecule has 0 heterocycles. The van der Waals surface area contributed by atoms with Crippen LogP contribution in [-0.2, 0) is 4.79 Å². The average molecular weight is 396 g/mol. The van der Waals surface area contributed by atoms with Crippen molar-refractivity contribution in [1.29, 1.82) is 0 Å². The first-order valence-electron chi connectivity index (χ1n) is 9.67. The maximum Gasteiger partial charge on any atom is 0.257 e. The monoisotopic (exact) mass is 395 g/mol. The van der Waals surface area contributed by atoms with E-state index in [4.69, 9.17) is 16.3 Å². The van der Waals surface area contributed by atoms with E-state index in [1.165, 1.54) is 0 Å². The molecule has 1 aromatic rings. The van der Waals surface area contributed by atoms with Crippen LogP contribution in [-0.4, -0.2) is 41.5 Å². The summed E-state index contributed by atoms with van der Waals surface area (Å²) < 4.78 is 5.42. The van der Waals surface area contributed by atoms with Gasteiger partial charge in [0, 0.05) is 17.5 Å². The maximum atomic E-state index is 12.1. The number of allylic oxidation sites excluding steroid dienone is 2. The lowest BCUT2D eigenvalue weighted by atomic mass is 9.89. The average Bonchev–Trinajstić information content (AvgIpc) is 2.91. The van der Waals surface area contributed by atoms with Crippen LogP contribution in [0.4, 0.5) is 0 Å². The van der Waals surface area contributed by atoms with Crippen LogP contribution in [0.15, 0.2) is 36.4 Å². The highest BCUT2D eigenvalue weighted by molar-refractivity contribution is 6.30. The van der Waals surface area contributed by atoms with E-state index in [2.05, 4.69) is 24.4 Å². The number of unbranched alkanes of at least 4 members (excludes halogenated alkanes) is 1. The van der Waals surface area contributed by atoms with Crippen LogP contribution in [0.1, 0.15) is 39.0 Å². The van der Waals surface area contributed by atoms with Crippen molar-refractivity contribution in [2.75, 3.05) is 13.2 Å². The molecule has 4 atom stereocenters. The molecule has 0 radical (unpaired) electrons. The summed E-state index contributed by atoms with van der Waals surface area (Å²) in [7, 11) is 0. The Kier molecular flexibility index (Phi) is 9.11. The van der Waals surface area contributed by atoms with E-state index in [1.54, 1.807) is 24.3 Å². The molecule has 1 aromatic carbocycles. The summed E-state index contributed by atoms with van der Waals surface area (Å²) in [6.07, 6.45) is 7.38. The third-order valence-electron chi connectivity index (χ3n) is 5.01. The number of hydrogen-bond acceptors (Lipinski definition) is 4. The number of aliphatic hydroxyl groups excluding tert-OH is 2. The van der Waals surface area contributed by atoms with Gasteiger partial charge in [0.2, 0.25) is 0 Å². The predicted octanol–water partition coefficient (Wildman–Crippen LogP) is 3.33. The Morgan fingerprint density at radius 2 is 2.00 bits per heavy atom. The van der Waals surface area contributed by atoms with Crippen LogP contribution in [0, 0.1) is 11.8 Å². The van der Waals surface area contributed by atoms with Crippen molar-refractivity contribution in [3.63, 3.8) is 0 Å². The highest BCUT2D eigenvalue weighted by Crippen LogP contribution is 2.35. The number of nitrogens with one attached hydrogen (secondary N) is 1. The molecule has 0 aromatic heterocycles. The standard InChI is InChI=1S/C21H30ClNO4/c1-2-3-4-5-6-10-17-18(20(25)12-19(17)24)13-23-21(26)14-27-16-9-7-8-15(22)11-16/h4-5,7-9,11,17-20,24-25H,2-3,6,10,12-14H2,1H3,(H,23,26)/b5-4-/t17-,18-,19+,20-/m1/s1. The molecular formula is C21H30ClNO4. The van der Waals surface area contributed by atoms with Gasteiger partial charge in [-0.05, 0) is 49.8 Å². The molecule has 27 heavy (non-hydrogen) atoms. The maximum absolute atomic E-state index is 12.1. The van der Waals surface area contributed by atoms with E-state index < -0.39 is 12.2 Å². The highest BCUT2D eigenvalue weighted by Gasteiger charge is 2.41. The van der Waals surface area contributed by atoms with Crippen molar-refractivity contribution in [3.05, 3.63) is 41.4 Å². The summed E-state index contributed by atoms with van der Waals surface area (Å²) in [6.45, 7) is 2.35. The van der Waals surface area contributed by atoms with Crippen molar-refractivity contribution in [1.82, 2.24) is 5.32 Å². The molecule has 1 saturated carbocycles. The molecule has 0 saturated heterocycles. The van der Waals surface area contributed by atoms with Gasteiger partial charge in [-0.2, -0.15) is 0 Å². The van der Waals surface area contributed by atoms with Crippen LogP contribution in [0.3, 0.4) is 0 Å². The normalized spacial score (nSPS) is 25.0. The van der Waals surface area contributed by atoms with Crippen LogP contribution < -0.4 is 10.1 Å². The molecule has 0 aliphatic heterocycles. The Hall–Kier alpha value is -1.56. The van der Waals surface area contributed by atoms with Crippen molar-refractivity contribution in [3.8, 4) is 5.75 Å². The van der Waals surface area contributed by atoms with E-state index in [0.717, 1.165) is 25.7 Å². The Bertz CT molecular complexity index is 622. The van der Waals surface area contributed by atoms with Gasteiger partial charge in [0.15, 0.2) is 6.61 Å². The summed E-state index contributed by atoms with van der Waals surface area (Å²) in [5, 5.41) is 23.9. The molecule has 0 spiro atoms. The second kappa shape index (κ2) is 11.3. The lowest BCUT2D eigenvalue weighted by Gasteiger charge is -2.23. The molecule has 1 aliphatic carbocycles. The fourth-order valence-corrected chi connectivity index (χ4v) is 3.72. The van der Waals surface area contributed by atoms with Crippen molar-refractivity contribution in [2.45, 2.75) is 51.2 Å². The highest BCUT2D eigenvalue weighted by atomic mass is 35.5. The van der Waals surface area contributed by atoms with E-state index in [-0.39, 0.29) is 24.3 Å². The van der Waals surface area contributed by atoms with Gasteiger partial charge in [-0.25, -0.2) is 0 Å². The Balaban J connectivity index is 1.78. The minimum absolute atomic E-state index is 0.0135. The first-order valence-corrected chi connectivity index (χ1v) is 10.0. The van der Waals surface area contributed by atoms with Gasteiger partial charge in [0.25, 0.3) is 5.91 Å². The zero-order valence-corrected chi connectivity index (χ0v) is 16.6. The SMILES string of the molecule is CCC/C=C\CC[C@@H]1[C@@H](CNC(=O)COc2cccc(Cl)c2)[C@H](O)C[C@@H]1O. The zero-order valence-electron chi connectivity index (χ0n) is 15.8. The summed E-state index contributed by atoms with van der Waals surface area (Å²) in [4.78, 5) is 12.1. The first kappa shape index (κ1) is 21.7. The van der Waals surface area contributed by atoms with E-state index in [0.29, 0.717) is 23.7 Å². The van der Waals surface area contributed by atoms with Gasteiger partial charge in [0.1, 0.15) is 5.75 Å². The van der Waals surface area contributed by atoms with Gasteiger partial charge in [-0.1, -0.05) is 43.2 Å². The van der Waals surface area contributed by atoms with Crippen molar-refractivity contribution < 1.29 is 19.7 Å². The van der Waals surface area contributed by atoms with Crippen LogP contribution in [0.2, 0.25) is 5.02 Å². The third kappa shape index (κ3) is 7.17. The minimum Gasteiger partial charge on any atom is -0.484 e. The first-order chi connectivity index (χ1) is 13.0. The van der Waals surface area contributed by atoms with Crippen LogP contribution in [0.25, 0.3) is 0 Å². The van der Waals surface area contributed by atoms with Gasteiger partial charge in [-0.3, -0.25) is 4.79 Å². The Morgan fingerprint density at radius 1 is 1.26 bits per heavy atom. The molecule has 1 aliphatic rings. The molecule has 3 N–H and O–H groups in total. The molecule has 150 valence electrons. The van der Waals surface area contributed by atoms with Gasteiger partial charge in [0.05, 0.1) is 12.2 Å². The minimum atomic E-state index is -0.598. The molecule has 0 unspecified atom stereocenters. The lowest BCUT2D eigenvalue weighted by Crippen LogP contribution is -2.38. The van der Waals surface area contributed by atoms with Crippen molar-refractivity contribution >= 4 is 17.5 Å². The quantitative estimate of drug-likeness (QED) is 0.531. The van der Waals surface area contributed by atoms with Gasteiger partial charge >= 0.3 is 0 Å². The molecule has 5 nitrogen and oxygen atoms in total. The molecular weight excluding hydrogens is 366 g/mol. The number of amides is 1. The fraction of sp³-hybridized carbons (Fsp3) is 0.571. The number of ether oxygens (including phenoxy) is 1. The van der Waals surface area contributed by atoms with E-state index in [1.807, 2.05) is 0 Å². The Labute approximate surface area is 166 Å². The fourth-order valence-electron chi connectivity index (χ4n) is 3.54. The second-order valence-corrected chi connectivity index (χ2v) is 7.52. The van der Waals surface area contributed by atoms with Crippen LogP contribution in [0.5, 0.6) is 5.75 Å². The molecule has 0 bridgehead atoms. The van der Waals surface area contributed by atoms with Crippen molar-refractivity contribution in [2.24, 2.45) is 11.8 Å². The summed E-state index contributed by atoms with van der Waals surface area (Å²) in [5.74, 6) is 0.117. The number of carbonyl (C=O) groups is 1. The number of carbonyl (C=O) groups excluding carboxylic acids is 1. The Morgan fingerprint density at radius 3 is 2.74 bits per heavy atom. The summed E-state index contributed by atoms with van der Waals surface area (Å²) >= 11 is 5.89. The number of aliphatic hydroxyl groups is 2. The number of halogens is 1. The summed E-state index contributed by atoms with van der Waals surface area (Å²) in [6, 6.07) is 6.87. The molecule has 1 amide bonds. The molecule has 1 fully saturated rings. The van der Waals surface area contributed by atoms with E-state index >= 15 is 0 Å². The molecule has 6 heteroatoms. The number of hydrogen-bond donors (Lipinski definition) is 3. The summed E-state index contributed by atoms with van der Waals surface area (Å²) in [5.41, 5.74) is 0. The zero-order chi connectivity index (χ0) is 19.6. The number of rotatable bonds is 10. The second-order valence-electron chi connectivity index (χ2n) is 7.09. The predicted molar refractivity (Wildman–Crippen MR) is 107 cm³/mol. The van der Waals surface area contributed by atoms with Crippen LogP contribution >= 0.6 is 11.6 Å². The van der Waals surface area contributed by atoms with Gasteiger partial charge < -0.3 is 20.3 Å². The third-order valence-corrected chi connectivity index (χ3v) is 5.25. The van der Waals surface area contributed by atoms with E-state index in [9.17, 15) is 15.0 Å².